The smallest absolute Gasteiger partial charge is 0.756 e. The van der Waals surface area contributed by atoms with Crippen LogP contribution in [0.3, 0.4) is 0 Å². The molecule has 0 aromatic carbocycles. The van der Waals surface area contributed by atoms with Gasteiger partial charge in [-0.2, -0.15) is 0 Å². The molecule has 21 heteroatoms. The summed E-state index contributed by atoms with van der Waals surface area (Å²) >= 11 is 0. The molecule has 0 bridgehead atoms. The Labute approximate surface area is 261 Å². The zero-order chi connectivity index (χ0) is 30.6. The first-order chi connectivity index (χ1) is 19.2. The van der Waals surface area contributed by atoms with Gasteiger partial charge in [-0.25, -0.2) is 0 Å². The molecular weight excluding hydrogens is 610 g/mol. The number of phosphoric ester groups is 1. The molecule has 3 heterocycles. The summed E-state index contributed by atoms with van der Waals surface area (Å²) in [5.74, 6) is 0. The minimum atomic E-state index is -5.14. The van der Waals surface area contributed by atoms with Crippen LogP contribution < -0.4 is 34.5 Å². The molecule has 42 heavy (non-hydrogen) atoms. The summed E-state index contributed by atoms with van der Waals surface area (Å²) < 4.78 is 42.0. The van der Waals surface area contributed by atoms with Crippen LogP contribution in [0.2, 0.25) is 0 Å². The SMILES string of the molecule is O=P([O-])(O)OCC1OC(CCCOC2OC(CO)C(OC3OC(CO)C(O)C(O)C3O)C(O)C2O)C(O)C(O)C1O.[Na+]. The number of rotatable bonds is 12. The fraction of sp³-hybridized carbons (Fsp3) is 1.00. The molecular formula is C21H38NaO19P. The van der Waals surface area contributed by atoms with Gasteiger partial charge < -0.3 is 89.1 Å². The molecule has 0 aromatic rings. The van der Waals surface area contributed by atoms with E-state index in [1.165, 1.54) is 0 Å². The van der Waals surface area contributed by atoms with Crippen molar-refractivity contribution in [2.45, 2.75) is 105 Å². The van der Waals surface area contributed by atoms with Gasteiger partial charge >= 0.3 is 29.6 Å². The van der Waals surface area contributed by atoms with E-state index in [0.717, 1.165) is 0 Å². The standard InChI is InChI=1S/C21H39O19P.Na/c22-4-8-12(25)15(28)17(30)21(38-8)40-19-9(5-23)39-20(18(31)16(19)29)35-3-1-2-7-11(24)14(27)13(26)10(37-7)6-36-41(32,33)34;/h7-31H,1-6H2,(H2,32,33,34);/q;+1/p-1. The molecule has 16 atom stereocenters. The second-order valence-electron chi connectivity index (χ2n) is 9.97. The number of hydrogen-bond donors (Lipinski definition) is 11. The predicted octanol–water partition coefficient (Wildman–Crippen LogP) is -10.3. The van der Waals surface area contributed by atoms with Gasteiger partial charge in [-0.05, 0) is 12.8 Å². The van der Waals surface area contributed by atoms with E-state index in [4.69, 9.17) is 28.6 Å². The van der Waals surface area contributed by atoms with Crippen molar-refractivity contribution in [3.05, 3.63) is 0 Å². The maximum Gasteiger partial charge on any atom is 1.00 e. The Morgan fingerprint density at radius 1 is 0.667 bits per heavy atom. The fourth-order valence-corrected chi connectivity index (χ4v) is 5.08. The number of phosphoric acid groups is 1. The summed E-state index contributed by atoms with van der Waals surface area (Å²) in [5.41, 5.74) is 0. The Bertz CT molecular complexity index is 850. The molecule has 16 unspecified atom stereocenters. The summed E-state index contributed by atoms with van der Waals surface area (Å²) in [6, 6.07) is 0. The zero-order valence-electron chi connectivity index (χ0n) is 22.5. The third-order valence-electron chi connectivity index (χ3n) is 7.09. The third kappa shape index (κ3) is 9.52. The van der Waals surface area contributed by atoms with Gasteiger partial charge in [0, 0.05) is 6.61 Å². The molecule has 0 spiro atoms. The average molecular weight is 648 g/mol. The number of aliphatic hydroxyl groups is 10. The first-order valence-electron chi connectivity index (χ1n) is 12.8. The van der Waals surface area contributed by atoms with E-state index in [1.54, 1.807) is 0 Å². The molecule has 11 N–H and O–H groups in total. The molecule has 3 rings (SSSR count). The molecule has 0 amide bonds. The topological polar surface area (TPSA) is 318 Å². The van der Waals surface area contributed by atoms with Crippen molar-refractivity contribution < 1.29 is 123 Å². The molecule has 0 aromatic heterocycles. The largest absolute Gasteiger partial charge is 1.00 e. The van der Waals surface area contributed by atoms with E-state index in [-0.39, 0.29) is 49.0 Å². The van der Waals surface area contributed by atoms with Crippen LogP contribution in [0.4, 0.5) is 0 Å². The van der Waals surface area contributed by atoms with Crippen LogP contribution in [0, 0.1) is 0 Å². The van der Waals surface area contributed by atoms with Crippen LogP contribution in [0.15, 0.2) is 0 Å². The van der Waals surface area contributed by atoms with Crippen molar-refractivity contribution in [1.29, 1.82) is 0 Å². The molecule has 0 saturated carbocycles. The predicted molar refractivity (Wildman–Crippen MR) is 124 cm³/mol. The Kier molecular flexibility index (Phi) is 15.6. The van der Waals surface area contributed by atoms with E-state index in [9.17, 15) is 60.5 Å². The molecule has 19 nitrogen and oxygen atoms in total. The van der Waals surface area contributed by atoms with Crippen LogP contribution >= 0.6 is 7.82 Å². The quantitative estimate of drug-likeness (QED) is 0.0531. The van der Waals surface area contributed by atoms with Crippen molar-refractivity contribution in [1.82, 2.24) is 0 Å². The third-order valence-corrected chi connectivity index (χ3v) is 7.56. The summed E-state index contributed by atoms with van der Waals surface area (Å²) in [7, 11) is -5.14. The Hall–Kier alpha value is 0.510. The zero-order valence-corrected chi connectivity index (χ0v) is 25.4. The maximum atomic E-state index is 10.8. The first kappa shape index (κ1) is 38.7. The van der Waals surface area contributed by atoms with Crippen molar-refractivity contribution in [2.75, 3.05) is 26.4 Å². The minimum absolute atomic E-state index is 0. The molecule has 0 radical (unpaired) electrons. The van der Waals surface area contributed by atoms with Gasteiger partial charge in [0.2, 0.25) is 0 Å². The number of aliphatic hydroxyl groups excluding tert-OH is 10. The van der Waals surface area contributed by atoms with Crippen LogP contribution in [-0.2, 0) is 32.8 Å². The molecule has 3 aliphatic heterocycles. The monoisotopic (exact) mass is 648 g/mol. The van der Waals surface area contributed by atoms with E-state index in [1.807, 2.05) is 0 Å². The Balaban J connectivity index is 0.00000616. The van der Waals surface area contributed by atoms with Crippen molar-refractivity contribution in [2.24, 2.45) is 0 Å². The average Bonchev–Trinajstić information content (AvgIpc) is 2.93. The maximum absolute atomic E-state index is 10.8. The van der Waals surface area contributed by atoms with E-state index in [0.29, 0.717) is 0 Å². The molecule has 3 saturated heterocycles. The summed E-state index contributed by atoms with van der Waals surface area (Å²) in [6.45, 7) is -2.52. The second kappa shape index (κ2) is 16.9. The van der Waals surface area contributed by atoms with Crippen LogP contribution in [-0.4, -0.2) is 174 Å². The summed E-state index contributed by atoms with van der Waals surface area (Å²) in [4.78, 5) is 19.6. The normalized spacial score (nSPS) is 46.0. The molecule has 3 aliphatic rings. The summed E-state index contributed by atoms with van der Waals surface area (Å²) in [5, 5.41) is 101. The van der Waals surface area contributed by atoms with Gasteiger partial charge in [0.25, 0.3) is 7.82 Å². The van der Waals surface area contributed by atoms with Crippen LogP contribution in [0.5, 0.6) is 0 Å². The molecule has 3 fully saturated rings. The van der Waals surface area contributed by atoms with Crippen molar-refractivity contribution in [3.63, 3.8) is 0 Å². The van der Waals surface area contributed by atoms with Gasteiger partial charge in [0.15, 0.2) is 12.6 Å². The van der Waals surface area contributed by atoms with Crippen LogP contribution in [0.25, 0.3) is 0 Å². The molecule has 242 valence electrons. The van der Waals surface area contributed by atoms with Crippen molar-refractivity contribution >= 4 is 7.82 Å². The Morgan fingerprint density at radius 2 is 1.19 bits per heavy atom. The summed E-state index contributed by atoms with van der Waals surface area (Å²) in [6.07, 6.45) is -23.6. The van der Waals surface area contributed by atoms with Crippen LogP contribution in [0.1, 0.15) is 12.8 Å². The minimum Gasteiger partial charge on any atom is -0.756 e. The van der Waals surface area contributed by atoms with Gasteiger partial charge in [0.05, 0.1) is 25.9 Å². The van der Waals surface area contributed by atoms with E-state index in [2.05, 4.69) is 4.52 Å². The first-order valence-corrected chi connectivity index (χ1v) is 14.3. The van der Waals surface area contributed by atoms with E-state index >= 15 is 0 Å². The van der Waals surface area contributed by atoms with E-state index < -0.39 is 120 Å². The van der Waals surface area contributed by atoms with Gasteiger partial charge in [0.1, 0.15) is 73.2 Å². The fourth-order valence-electron chi connectivity index (χ4n) is 4.75. The molecule has 0 aliphatic carbocycles. The van der Waals surface area contributed by atoms with Gasteiger partial charge in [-0.15, -0.1) is 0 Å². The number of ether oxygens (including phenoxy) is 5. The van der Waals surface area contributed by atoms with Gasteiger partial charge in [-0.1, -0.05) is 0 Å². The van der Waals surface area contributed by atoms with Crippen molar-refractivity contribution in [3.8, 4) is 0 Å². The van der Waals surface area contributed by atoms with Gasteiger partial charge in [-0.3, -0.25) is 4.57 Å². The second-order valence-corrected chi connectivity index (χ2v) is 11.2. The number of hydrogen-bond acceptors (Lipinski definition) is 18. The Morgan fingerprint density at radius 3 is 1.79 bits per heavy atom.